The molecule has 0 radical (unpaired) electrons. The van der Waals surface area contributed by atoms with E-state index in [4.69, 9.17) is 16.3 Å². The number of esters is 1. The van der Waals surface area contributed by atoms with E-state index in [2.05, 4.69) is 4.98 Å². The highest BCUT2D eigenvalue weighted by Gasteiger charge is 2.18. The molecule has 0 saturated heterocycles. The first kappa shape index (κ1) is 17.0. The summed E-state index contributed by atoms with van der Waals surface area (Å²) in [6.45, 7) is 1.29. The lowest BCUT2D eigenvalue weighted by atomic mass is 10.2. The summed E-state index contributed by atoms with van der Waals surface area (Å²) < 4.78 is 8.73. The molecule has 0 aliphatic carbocycles. The van der Waals surface area contributed by atoms with Crippen LogP contribution in [0.4, 0.5) is 0 Å². The quantitative estimate of drug-likeness (QED) is 0.512. The molecule has 25 heavy (non-hydrogen) atoms. The number of nitrogens with zero attached hydrogens (tertiary/aromatic N) is 4. The van der Waals surface area contributed by atoms with Gasteiger partial charge in [0.15, 0.2) is 11.2 Å². The molecule has 0 fully saturated rings. The fraction of sp³-hybridized carbons (Fsp3) is 0.250. The van der Waals surface area contributed by atoms with Crippen molar-refractivity contribution in [2.45, 2.75) is 13.5 Å². The van der Waals surface area contributed by atoms with Crippen LogP contribution < -0.4 is 16.0 Å². The Morgan fingerprint density at radius 3 is 2.72 bits per heavy atom. The standard InChI is InChI=1S/C16H15ClN4O4/c1-9-4-5-10(17)11(6-9)25-12(22)7-21-15(23)13-14(18-8-19(13)2)20(3)16(21)24/h4-6,8H,7H2,1-3H3. The zero-order chi connectivity index (χ0) is 18.3. The minimum Gasteiger partial charge on any atom is -0.424 e. The van der Waals surface area contributed by atoms with Gasteiger partial charge in [-0.05, 0) is 24.6 Å². The number of imidazole rings is 1. The van der Waals surface area contributed by atoms with Crippen LogP contribution in [0.1, 0.15) is 5.56 Å². The summed E-state index contributed by atoms with van der Waals surface area (Å²) >= 11 is 5.99. The molecular weight excluding hydrogens is 348 g/mol. The minimum atomic E-state index is -0.770. The third kappa shape index (κ3) is 2.96. The largest absolute Gasteiger partial charge is 0.424 e. The van der Waals surface area contributed by atoms with Crippen molar-refractivity contribution in [3.05, 3.63) is 56.0 Å². The van der Waals surface area contributed by atoms with Crippen LogP contribution in [0.25, 0.3) is 11.2 Å². The average molecular weight is 363 g/mol. The molecule has 0 atom stereocenters. The van der Waals surface area contributed by atoms with Crippen molar-refractivity contribution in [2.24, 2.45) is 14.1 Å². The molecule has 0 aliphatic rings. The molecule has 0 unspecified atom stereocenters. The number of ether oxygens (including phenoxy) is 1. The van der Waals surface area contributed by atoms with Crippen LogP contribution in [-0.4, -0.2) is 24.7 Å². The van der Waals surface area contributed by atoms with Crippen molar-refractivity contribution in [1.82, 2.24) is 18.7 Å². The van der Waals surface area contributed by atoms with Crippen LogP contribution in [0, 0.1) is 6.92 Å². The van der Waals surface area contributed by atoms with Crippen molar-refractivity contribution in [3.63, 3.8) is 0 Å². The molecule has 2 heterocycles. The molecule has 0 bridgehead atoms. The van der Waals surface area contributed by atoms with E-state index in [1.807, 2.05) is 6.92 Å². The van der Waals surface area contributed by atoms with Gasteiger partial charge in [0, 0.05) is 14.1 Å². The molecule has 2 aromatic heterocycles. The fourth-order valence-electron chi connectivity index (χ4n) is 2.51. The van der Waals surface area contributed by atoms with Crippen LogP contribution in [0.3, 0.4) is 0 Å². The number of aryl methyl sites for hydroxylation is 3. The first-order chi connectivity index (χ1) is 11.8. The smallest absolute Gasteiger partial charge is 0.333 e. The van der Waals surface area contributed by atoms with E-state index in [1.165, 1.54) is 22.5 Å². The van der Waals surface area contributed by atoms with E-state index < -0.39 is 23.8 Å². The van der Waals surface area contributed by atoms with Crippen LogP contribution in [-0.2, 0) is 25.4 Å². The number of fused-ring (bicyclic) bond motifs is 1. The molecule has 0 spiro atoms. The van der Waals surface area contributed by atoms with Crippen molar-refractivity contribution in [1.29, 1.82) is 0 Å². The second-order valence-electron chi connectivity index (χ2n) is 5.67. The Morgan fingerprint density at radius 2 is 2.00 bits per heavy atom. The molecule has 0 N–H and O–H groups in total. The van der Waals surface area contributed by atoms with E-state index >= 15 is 0 Å². The van der Waals surface area contributed by atoms with E-state index in [9.17, 15) is 14.4 Å². The zero-order valence-corrected chi connectivity index (χ0v) is 14.6. The molecule has 130 valence electrons. The van der Waals surface area contributed by atoms with Gasteiger partial charge >= 0.3 is 11.7 Å². The maximum absolute atomic E-state index is 12.5. The maximum Gasteiger partial charge on any atom is 0.333 e. The molecule has 3 aromatic rings. The Kier molecular flexibility index (Phi) is 4.22. The topological polar surface area (TPSA) is 88.1 Å². The van der Waals surface area contributed by atoms with Gasteiger partial charge in [0.25, 0.3) is 5.56 Å². The number of carbonyl (C=O) groups excluding carboxylic acids is 1. The average Bonchev–Trinajstić information content (AvgIpc) is 2.95. The number of aromatic nitrogens is 4. The first-order valence-corrected chi connectivity index (χ1v) is 7.75. The first-order valence-electron chi connectivity index (χ1n) is 7.37. The highest BCUT2D eigenvalue weighted by Crippen LogP contribution is 2.25. The predicted octanol–water partition coefficient (Wildman–Crippen LogP) is 1.00. The summed E-state index contributed by atoms with van der Waals surface area (Å²) in [7, 11) is 3.12. The second-order valence-corrected chi connectivity index (χ2v) is 6.08. The van der Waals surface area contributed by atoms with Gasteiger partial charge < -0.3 is 9.30 Å². The van der Waals surface area contributed by atoms with E-state index in [0.29, 0.717) is 0 Å². The van der Waals surface area contributed by atoms with Gasteiger partial charge in [-0.15, -0.1) is 0 Å². The Labute approximate surface area is 146 Å². The highest BCUT2D eigenvalue weighted by molar-refractivity contribution is 6.32. The van der Waals surface area contributed by atoms with Crippen molar-refractivity contribution in [2.75, 3.05) is 0 Å². The Morgan fingerprint density at radius 1 is 1.28 bits per heavy atom. The van der Waals surface area contributed by atoms with Crippen LogP contribution >= 0.6 is 11.6 Å². The summed E-state index contributed by atoms with van der Waals surface area (Å²) in [5.41, 5.74) is 0.0813. The summed E-state index contributed by atoms with van der Waals surface area (Å²) in [5, 5.41) is 0.265. The fourth-order valence-corrected chi connectivity index (χ4v) is 2.66. The van der Waals surface area contributed by atoms with Crippen molar-refractivity contribution >= 4 is 28.7 Å². The number of benzene rings is 1. The second kappa shape index (κ2) is 6.21. The molecule has 1 aromatic carbocycles. The number of hydrogen-bond acceptors (Lipinski definition) is 5. The molecular formula is C16H15ClN4O4. The lowest BCUT2D eigenvalue weighted by Gasteiger charge is -2.10. The van der Waals surface area contributed by atoms with Crippen molar-refractivity contribution < 1.29 is 9.53 Å². The van der Waals surface area contributed by atoms with Crippen LogP contribution in [0.5, 0.6) is 5.75 Å². The maximum atomic E-state index is 12.5. The Bertz CT molecular complexity index is 1110. The number of rotatable bonds is 3. The van der Waals surface area contributed by atoms with Gasteiger partial charge in [0.1, 0.15) is 12.3 Å². The monoisotopic (exact) mass is 362 g/mol. The van der Waals surface area contributed by atoms with E-state index in [1.54, 1.807) is 25.2 Å². The van der Waals surface area contributed by atoms with Gasteiger partial charge in [0.05, 0.1) is 11.3 Å². The molecule has 3 rings (SSSR count). The summed E-state index contributed by atoms with van der Waals surface area (Å²) in [5.74, 6) is -0.591. The van der Waals surface area contributed by atoms with Gasteiger partial charge in [-0.25, -0.2) is 19.1 Å². The minimum absolute atomic E-state index is 0.179. The van der Waals surface area contributed by atoms with E-state index in [-0.39, 0.29) is 21.9 Å². The Hall–Kier alpha value is -2.87. The van der Waals surface area contributed by atoms with Gasteiger partial charge in [-0.1, -0.05) is 17.7 Å². The summed E-state index contributed by atoms with van der Waals surface area (Å²) in [4.78, 5) is 41.1. The van der Waals surface area contributed by atoms with Crippen LogP contribution in [0.2, 0.25) is 5.02 Å². The predicted molar refractivity (Wildman–Crippen MR) is 92.0 cm³/mol. The van der Waals surface area contributed by atoms with E-state index in [0.717, 1.165) is 10.1 Å². The normalized spacial score (nSPS) is 11.0. The lowest BCUT2D eigenvalue weighted by molar-refractivity contribution is -0.135. The molecule has 0 saturated carbocycles. The summed E-state index contributed by atoms with van der Waals surface area (Å²) in [6, 6.07) is 4.98. The molecule has 9 heteroatoms. The third-order valence-corrected chi connectivity index (χ3v) is 4.11. The Balaban J connectivity index is 1.99. The lowest BCUT2D eigenvalue weighted by Crippen LogP contribution is -2.42. The third-order valence-electron chi connectivity index (χ3n) is 3.80. The van der Waals surface area contributed by atoms with Gasteiger partial charge in [-0.2, -0.15) is 0 Å². The van der Waals surface area contributed by atoms with Gasteiger partial charge in [-0.3, -0.25) is 9.36 Å². The summed E-state index contributed by atoms with van der Waals surface area (Å²) in [6.07, 6.45) is 1.43. The van der Waals surface area contributed by atoms with Gasteiger partial charge in [0.2, 0.25) is 0 Å². The SMILES string of the molecule is Cc1ccc(Cl)c(OC(=O)Cn2c(=O)c3c(ncn3C)n(C)c2=O)c1. The number of halogens is 1. The number of carbonyl (C=O) groups is 1. The zero-order valence-electron chi connectivity index (χ0n) is 13.8. The van der Waals surface area contributed by atoms with Crippen LogP contribution in [0.15, 0.2) is 34.1 Å². The highest BCUT2D eigenvalue weighted by atomic mass is 35.5. The number of hydrogen-bond donors (Lipinski definition) is 0. The molecule has 0 amide bonds. The molecule has 8 nitrogen and oxygen atoms in total. The molecule has 0 aliphatic heterocycles. The van der Waals surface area contributed by atoms with Crippen molar-refractivity contribution in [3.8, 4) is 5.75 Å².